The molecule has 6 heteroatoms. The molecule has 0 saturated carbocycles. The van der Waals surface area contributed by atoms with Gasteiger partial charge in [0.25, 0.3) is 5.78 Å². The summed E-state index contributed by atoms with van der Waals surface area (Å²) in [5, 5.41) is 4.35. The number of H-pyrrole nitrogens is 1. The van der Waals surface area contributed by atoms with E-state index < -0.39 is 0 Å². The molecule has 0 saturated heterocycles. The van der Waals surface area contributed by atoms with Crippen molar-refractivity contribution in [2.45, 2.75) is 13.8 Å². The molecule has 0 spiro atoms. The molecule has 0 aromatic carbocycles. The first-order chi connectivity index (χ1) is 8.63. The zero-order valence-electron chi connectivity index (χ0n) is 10.0. The van der Waals surface area contributed by atoms with Gasteiger partial charge in [-0.05, 0) is 26.0 Å². The minimum absolute atomic E-state index is 0.174. The third-order valence-electron chi connectivity index (χ3n) is 2.65. The monoisotopic (exact) mass is 241 g/mol. The number of aromatic nitrogens is 5. The first-order valence-corrected chi connectivity index (χ1v) is 5.53. The van der Waals surface area contributed by atoms with E-state index in [9.17, 15) is 4.79 Å². The minimum Gasteiger partial charge on any atom is -0.329 e. The standard InChI is InChI=1S/C12H11N5O/c1-7-5-8(2)17-12(14-7)15-11(16-17)9-3-4-13-10(18)6-9/h3-6H,1-2H3,(H,13,18). The largest absolute Gasteiger partial charge is 0.329 e. The normalized spacial score (nSPS) is 11.0. The van der Waals surface area contributed by atoms with Crippen molar-refractivity contribution in [3.63, 3.8) is 0 Å². The van der Waals surface area contributed by atoms with Gasteiger partial charge in [0.05, 0.1) is 0 Å². The molecular formula is C12H11N5O. The van der Waals surface area contributed by atoms with Crippen molar-refractivity contribution in [1.29, 1.82) is 0 Å². The smallest absolute Gasteiger partial charge is 0.253 e. The summed E-state index contributed by atoms with van der Waals surface area (Å²) in [5.74, 6) is 1.05. The molecule has 3 heterocycles. The van der Waals surface area contributed by atoms with Gasteiger partial charge in [-0.2, -0.15) is 4.98 Å². The van der Waals surface area contributed by atoms with Crippen molar-refractivity contribution in [2.24, 2.45) is 0 Å². The van der Waals surface area contributed by atoms with Crippen molar-refractivity contribution in [3.05, 3.63) is 46.1 Å². The summed E-state index contributed by atoms with van der Waals surface area (Å²) in [7, 11) is 0. The topological polar surface area (TPSA) is 75.9 Å². The molecule has 0 aliphatic rings. The average Bonchev–Trinajstić information content (AvgIpc) is 2.73. The molecule has 3 aromatic heterocycles. The van der Waals surface area contributed by atoms with Crippen LogP contribution < -0.4 is 5.56 Å². The predicted molar refractivity (Wildman–Crippen MR) is 66.3 cm³/mol. The van der Waals surface area contributed by atoms with Gasteiger partial charge in [0.15, 0.2) is 5.82 Å². The fraction of sp³-hybridized carbons (Fsp3) is 0.167. The highest BCUT2D eigenvalue weighted by Gasteiger charge is 2.09. The SMILES string of the molecule is Cc1cc(C)n2nc(-c3cc[nH]c(=O)c3)nc2n1. The zero-order valence-corrected chi connectivity index (χ0v) is 10.0. The van der Waals surface area contributed by atoms with E-state index in [1.54, 1.807) is 16.8 Å². The quantitative estimate of drug-likeness (QED) is 0.692. The van der Waals surface area contributed by atoms with Crippen molar-refractivity contribution in [3.8, 4) is 11.4 Å². The Hall–Kier alpha value is -2.50. The molecule has 0 radical (unpaired) electrons. The van der Waals surface area contributed by atoms with Crippen LogP contribution in [0.4, 0.5) is 0 Å². The van der Waals surface area contributed by atoms with Crippen LogP contribution in [-0.4, -0.2) is 24.6 Å². The number of nitrogens with zero attached hydrogens (tertiary/aromatic N) is 4. The first kappa shape index (κ1) is 10.6. The predicted octanol–water partition coefficient (Wildman–Crippen LogP) is 1.10. The number of fused-ring (bicyclic) bond motifs is 1. The van der Waals surface area contributed by atoms with Crippen LogP contribution in [0.5, 0.6) is 0 Å². The maximum atomic E-state index is 11.3. The van der Waals surface area contributed by atoms with Gasteiger partial charge < -0.3 is 4.98 Å². The van der Waals surface area contributed by atoms with E-state index >= 15 is 0 Å². The van der Waals surface area contributed by atoms with E-state index in [1.807, 2.05) is 19.9 Å². The molecule has 1 N–H and O–H groups in total. The Labute approximate surface area is 102 Å². The molecule has 0 fully saturated rings. The fourth-order valence-electron chi connectivity index (χ4n) is 1.87. The van der Waals surface area contributed by atoms with Crippen molar-refractivity contribution in [2.75, 3.05) is 0 Å². The van der Waals surface area contributed by atoms with Gasteiger partial charge in [-0.15, -0.1) is 5.10 Å². The van der Waals surface area contributed by atoms with Crippen LogP contribution in [0, 0.1) is 13.8 Å². The maximum absolute atomic E-state index is 11.3. The molecule has 0 bridgehead atoms. The van der Waals surface area contributed by atoms with E-state index in [0.717, 1.165) is 11.4 Å². The van der Waals surface area contributed by atoms with E-state index in [0.29, 0.717) is 17.2 Å². The van der Waals surface area contributed by atoms with Crippen LogP contribution in [-0.2, 0) is 0 Å². The third-order valence-corrected chi connectivity index (χ3v) is 2.65. The van der Waals surface area contributed by atoms with E-state index in [2.05, 4.69) is 20.1 Å². The van der Waals surface area contributed by atoms with Gasteiger partial charge in [-0.25, -0.2) is 9.50 Å². The number of aromatic amines is 1. The Morgan fingerprint density at radius 2 is 2.06 bits per heavy atom. The maximum Gasteiger partial charge on any atom is 0.253 e. The molecule has 6 nitrogen and oxygen atoms in total. The van der Waals surface area contributed by atoms with Crippen molar-refractivity contribution in [1.82, 2.24) is 24.6 Å². The lowest BCUT2D eigenvalue weighted by atomic mass is 10.2. The number of nitrogens with one attached hydrogen (secondary N) is 1. The highest BCUT2D eigenvalue weighted by Crippen LogP contribution is 2.14. The number of aryl methyl sites for hydroxylation is 2. The van der Waals surface area contributed by atoms with Crippen LogP contribution in [0.2, 0.25) is 0 Å². The number of rotatable bonds is 1. The molecule has 0 aliphatic carbocycles. The van der Waals surface area contributed by atoms with Crippen LogP contribution in [0.1, 0.15) is 11.4 Å². The lowest BCUT2D eigenvalue weighted by Crippen LogP contribution is -2.02. The van der Waals surface area contributed by atoms with E-state index in [1.165, 1.54) is 6.07 Å². The van der Waals surface area contributed by atoms with Crippen LogP contribution in [0.25, 0.3) is 17.2 Å². The third kappa shape index (κ3) is 1.67. The Bertz CT molecular complexity index is 787. The minimum atomic E-state index is -0.174. The molecular weight excluding hydrogens is 230 g/mol. The molecule has 0 atom stereocenters. The molecule has 18 heavy (non-hydrogen) atoms. The summed E-state index contributed by atoms with van der Waals surface area (Å²) in [6.07, 6.45) is 1.58. The van der Waals surface area contributed by atoms with Gasteiger partial charge in [-0.1, -0.05) is 0 Å². The second kappa shape index (κ2) is 3.76. The second-order valence-electron chi connectivity index (χ2n) is 4.13. The Morgan fingerprint density at radius 3 is 2.83 bits per heavy atom. The van der Waals surface area contributed by atoms with Crippen molar-refractivity contribution < 1.29 is 0 Å². The highest BCUT2D eigenvalue weighted by atomic mass is 16.1. The summed E-state index contributed by atoms with van der Waals surface area (Å²) in [6.45, 7) is 3.85. The Morgan fingerprint density at radius 1 is 1.22 bits per heavy atom. The van der Waals surface area contributed by atoms with Gasteiger partial charge in [0.1, 0.15) is 0 Å². The number of pyridine rings is 1. The van der Waals surface area contributed by atoms with Crippen LogP contribution >= 0.6 is 0 Å². The Balaban J connectivity index is 2.25. The first-order valence-electron chi connectivity index (χ1n) is 5.53. The number of hydrogen-bond acceptors (Lipinski definition) is 4. The molecule has 3 rings (SSSR count). The molecule has 90 valence electrons. The zero-order chi connectivity index (χ0) is 12.7. The van der Waals surface area contributed by atoms with Gasteiger partial charge >= 0.3 is 0 Å². The average molecular weight is 241 g/mol. The molecule has 0 amide bonds. The lowest BCUT2D eigenvalue weighted by molar-refractivity contribution is 0.887. The molecule has 0 aliphatic heterocycles. The summed E-state index contributed by atoms with van der Waals surface area (Å²) in [6, 6.07) is 5.17. The highest BCUT2D eigenvalue weighted by molar-refractivity contribution is 5.56. The Kier molecular flexibility index (Phi) is 2.22. The van der Waals surface area contributed by atoms with Crippen molar-refractivity contribution >= 4 is 5.78 Å². The lowest BCUT2D eigenvalue weighted by Gasteiger charge is -1.97. The summed E-state index contributed by atoms with van der Waals surface area (Å²) in [5.41, 5.74) is 2.36. The second-order valence-corrected chi connectivity index (χ2v) is 4.13. The van der Waals surface area contributed by atoms with Crippen LogP contribution in [0.3, 0.4) is 0 Å². The summed E-state index contributed by atoms with van der Waals surface area (Å²) in [4.78, 5) is 22.5. The van der Waals surface area contributed by atoms with Gasteiger partial charge in [0.2, 0.25) is 5.56 Å². The summed E-state index contributed by atoms with van der Waals surface area (Å²) < 4.78 is 1.67. The van der Waals surface area contributed by atoms with Gasteiger partial charge in [-0.3, -0.25) is 4.79 Å². The molecule has 3 aromatic rings. The summed E-state index contributed by atoms with van der Waals surface area (Å²) >= 11 is 0. The van der Waals surface area contributed by atoms with Crippen LogP contribution in [0.15, 0.2) is 29.2 Å². The van der Waals surface area contributed by atoms with E-state index in [-0.39, 0.29) is 5.56 Å². The van der Waals surface area contributed by atoms with Gasteiger partial charge in [0, 0.05) is 29.2 Å². The van der Waals surface area contributed by atoms with E-state index in [4.69, 9.17) is 0 Å². The number of hydrogen-bond donors (Lipinski definition) is 1. The molecule has 0 unspecified atom stereocenters. The fourth-order valence-corrected chi connectivity index (χ4v) is 1.87.